The molecule has 2 N–H and O–H groups in total. The lowest BCUT2D eigenvalue weighted by Gasteiger charge is -2.11. The van der Waals surface area contributed by atoms with Gasteiger partial charge in [-0.2, -0.15) is 0 Å². The van der Waals surface area contributed by atoms with Crippen LogP contribution >= 0.6 is 23.2 Å². The van der Waals surface area contributed by atoms with Gasteiger partial charge in [0.15, 0.2) is 0 Å². The number of halogens is 2. The Morgan fingerprint density at radius 3 is 1.46 bits per heavy atom. The molecule has 0 aliphatic rings. The summed E-state index contributed by atoms with van der Waals surface area (Å²) in [6.07, 6.45) is 0.775. The van der Waals surface area contributed by atoms with Crippen LogP contribution in [0.1, 0.15) is 26.7 Å². The molecule has 2 amide bonds. The van der Waals surface area contributed by atoms with Gasteiger partial charge in [0.2, 0.25) is 11.8 Å². The molecule has 0 aromatic heterocycles. The maximum Gasteiger partial charge on any atom is 0.224 e. The van der Waals surface area contributed by atoms with Gasteiger partial charge in [0.1, 0.15) is 0 Å². The van der Waals surface area contributed by atoms with Gasteiger partial charge >= 0.3 is 0 Å². The molecule has 2 aromatic rings. The van der Waals surface area contributed by atoms with Gasteiger partial charge in [-0.25, -0.2) is 0 Å². The van der Waals surface area contributed by atoms with Crippen LogP contribution < -0.4 is 10.6 Å². The monoisotopic (exact) mass is 364 g/mol. The van der Waals surface area contributed by atoms with Crippen LogP contribution in [0.3, 0.4) is 0 Å². The summed E-state index contributed by atoms with van der Waals surface area (Å²) in [6.45, 7) is 3.55. The molecule has 0 unspecified atom stereocenters. The number of benzene rings is 2. The van der Waals surface area contributed by atoms with Crippen LogP contribution in [0.25, 0.3) is 11.1 Å². The van der Waals surface area contributed by atoms with E-state index in [0.29, 0.717) is 34.3 Å². The average Bonchev–Trinajstić information content (AvgIpc) is 2.58. The third-order valence-corrected chi connectivity index (χ3v) is 4.09. The summed E-state index contributed by atoms with van der Waals surface area (Å²) in [4.78, 5) is 22.9. The average molecular weight is 365 g/mol. The van der Waals surface area contributed by atoms with E-state index >= 15 is 0 Å². The van der Waals surface area contributed by atoms with Crippen LogP contribution in [0.5, 0.6) is 0 Å². The molecule has 0 aliphatic heterocycles. The number of rotatable bonds is 5. The number of nitrogens with one attached hydrogen (secondary N) is 2. The highest BCUT2D eigenvalue weighted by Crippen LogP contribution is 2.32. The summed E-state index contributed by atoms with van der Waals surface area (Å²) in [5.74, 6) is -0.188. The molecule has 126 valence electrons. The standard InChI is InChI=1S/C18H18Cl2N2O2/c1-3-17(23)21-15-7-5-11(9-13(15)19)12-6-8-16(14(20)10-12)22-18(24)4-2/h5-10H,3-4H2,1-2H3,(H,21,23)(H,22,24). The fourth-order valence-electron chi connectivity index (χ4n) is 2.07. The zero-order valence-corrected chi connectivity index (χ0v) is 15.0. The Bertz CT molecular complexity index is 710. The molecular formula is C18H18Cl2N2O2. The zero-order chi connectivity index (χ0) is 17.7. The molecule has 0 bridgehead atoms. The van der Waals surface area contributed by atoms with E-state index in [1.54, 1.807) is 38.1 Å². The van der Waals surface area contributed by atoms with Crippen molar-refractivity contribution < 1.29 is 9.59 Å². The SMILES string of the molecule is CCC(=O)Nc1ccc(-c2ccc(NC(=O)CC)c(Cl)c2)cc1Cl. The minimum Gasteiger partial charge on any atom is -0.325 e. The topological polar surface area (TPSA) is 58.2 Å². The second kappa shape index (κ2) is 8.18. The Balaban J connectivity index is 2.25. The van der Waals surface area contributed by atoms with Gasteiger partial charge in [0.25, 0.3) is 0 Å². The van der Waals surface area contributed by atoms with Crippen molar-refractivity contribution >= 4 is 46.4 Å². The Kier molecular flexibility index (Phi) is 6.23. The van der Waals surface area contributed by atoms with E-state index in [0.717, 1.165) is 11.1 Å². The zero-order valence-electron chi connectivity index (χ0n) is 13.5. The maximum absolute atomic E-state index is 11.5. The smallest absolute Gasteiger partial charge is 0.224 e. The number of amides is 2. The predicted octanol–water partition coefficient (Wildman–Crippen LogP) is 5.36. The van der Waals surface area contributed by atoms with Crippen LogP contribution in [0.2, 0.25) is 10.0 Å². The lowest BCUT2D eigenvalue weighted by atomic mass is 10.0. The molecule has 0 fully saturated rings. The largest absolute Gasteiger partial charge is 0.325 e. The van der Waals surface area contributed by atoms with Crippen molar-refractivity contribution in [2.24, 2.45) is 0 Å². The van der Waals surface area contributed by atoms with E-state index in [-0.39, 0.29) is 11.8 Å². The highest BCUT2D eigenvalue weighted by Gasteiger charge is 2.09. The number of hydrogen-bond donors (Lipinski definition) is 2. The summed E-state index contributed by atoms with van der Waals surface area (Å²) in [7, 11) is 0. The molecular weight excluding hydrogens is 347 g/mol. The van der Waals surface area contributed by atoms with Crippen molar-refractivity contribution in [1.82, 2.24) is 0 Å². The second-order valence-electron chi connectivity index (χ2n) is 5.19. The van der Waals surface area contributed by atoms with Gasteiger partial charge in [-0.1, -0.05) is 49.2 Å². The van der Waals surface area contributed by atoms with E-state index in [1.165, 1.54) is 0 Å². The molecule has 6 heteroatoms. The molecule has 0 heterocycles. The Morgan fingerprint density at radius 2 is 1.17 bits per heavy atom. The van der Waals surface area contributed by atoms with E-state index in [9.17, 15) is 9.59 Å². The summed E-state index contributed by atoms with van der Waals surface area (Å²) >= 11 is 12.5. The lowest BCUT2D eigenvalue weighted by Crippen LogP contribution is -2.10. The van der Waals surface area contributed by atoms with Crippen molar-refractivity contribution in [3.8, 4) is 11.1 Å². The Hall–Kier alpha value is -2.04. The molecule has 0 atom stereocenters. The van der Waals surface area contributed by atoms with Gasteiger partial charge in [0, 0.05) is 12.8 Å². The predicted molar refractivity (Wildman–Crippen MR) is 99.7 cm³/mol. The first kappa shape index (κ1) is 18.3. The third-order valence-electron chi connectivity index (χ3n) is 3.46. The normalized spacial score (nSPS) is 10.3. The summed E-state index contributed by atoms with van der Waals surface area (Å²) in [5, 5.41) is 6.39. The van der Waals surface area contributed by atoms with E-state index in [4.69, 9.17) is 23.2 Å². The fourth-order valence-corrected chi connectivity index (χ4v) is 2.52. The lowest BCUT2D eigenvalue weighted by molar-refractivity contribution is -0.116. The molecule has 0 radical (unpaired) electrons. The van der Waals surface area contributed by atoms with Gasteiger partial charge in [-0.05, 0) is 35.4 Å². The highest BCUT2D eigenvalue weighted by atomic mass is 35.5. The Morgan fingerprint density at radius 1 is 0.792 bits per heavy atom. The first-order valence-electron chi connectivity index (χ1n) is 7.63. The summed E-state index contributed by atoms with van der Waals surface area (Å²) < 4.78 is 0. The molecule has 24 heavy (non-hydrogen) atoms. The quantitative estimate of drug-likeness (QED) is 0.750. The van der Waals surface area contributed by atoms with Crippen molar-refractivity contribution in [1.29, 1.82) is 0 Å². The summed E-state index contributed by atoms with van der Waals surface area (Å²) in [5.41, 5.74) is 2.88. The molecule has 0 spiro atoms. The van der Waals surface area contributed by atoms with Gasteiger partial charge in [-0.3, -0.25) is 9.59 Å². The molecule has 4 nitrogen and oxygen atoms in total. The fraction of sp³-hybridized carbons (Fsp3) is 0.222. The Labute approximate surface area is 151 Å². The molecule has 2 rings (SSSR count). The second-order valence-corrected chi connectivity index (χ2v) is 6.01. The number of anilines is 2. The summed E-state index contributed by atoms with van der Waals surface area (Å²) in [6, 6.07) is 10.8. The van der Waals surface area contributed by atoms with Crippen molar-refractivity contribution in [2.45, 2.75) is 26.7 Å². The van der Waals surface area contributed by atoms with Crippen LogP contribution in [0.15, 0.2) is 36.4 Å². The van der Waals surface area contributed by atoms with Crippen molar-refractivity contribution in [2.75, 3.05) is 10.6 Å². The minimum atomic E-state index is -0.0938. The number of carbonyl (C=O) groups excluding carboxylic acids is 2. The van der Waals surface area contributed by atoms with Gasteiger partial charge < -0.3 is 10.6 Å². The van der Waals surface area contributed by atoms with Crippen LogP contribution in [0.4, 0.5) is 11.4 Å². The van der Waals surface area contributed by atoms with E-state index < -0.39 is 0 Å². The van der Waals surface area contributed by atoms with Gasteiger partial charge in [0.05, 0.1) is 21.4 Å². The molecule has 0 saturated carbocycles. The first-order chi connectivity index (χ1) is 11.4. The van der Waals surface area contributed by atoms with Gasteiger partial charge in [-0.15, -0.1) is 0 Å². The maximum atomic E-state index is 11.5. The van der Waals surface area contributed by atoms with E-state index in [1.807, 2.05) is 12.1 Å². The van der Waals surface area contributed by atoms with E-state index in [2.05, 4.69) is 10.6 Å². The number of carbonyl (C=O) groups is 2. The van der Waals surface area contributed by atoms with Crippen LogP contribution in [-0.4, -0.2) is 11.8 Å². The minimum absolute atomic E-state index is 0.0938. The van der Waals surface area contributed by atoms with Crippen molar-refractivity contribution in [3.63, 3.8) is 0 Å². The molecule has 0 aliphatic carbocycles. The van der Waals surface area contributed by atoms with Crippen LogP contribution in [0, 0.1) is 0 Å². The third kappa shape index (κ3) is 4.49. The number of hydrogen-bond acceptors (Lipinski definition) is 2. The van der Waals surface area contributed by atoms with Crippen LogP contribution in [-0.2, 0) is 9.59 Å². The highest BCUT2D eigenvalue weighted by molar-refractivity contribution is 6.34. The van der Waals surface area contributed by atoms with Crippen molar-refractivity contribution in [3.05, 3.63) is 46.4 Å². The molecule has 0 saturated heterocycles. The first-order valence-corrected chi connectivity index (χ1v) is 8.39. The molecule has 2 aromatic carbocycles.